The lowest BCUT2D eigenvalue weighted by molar-refractivity contribution is -0.135. The first kappa shape index (κ1) is 10.1. The summed E-state index contributed by atoms with van der Waals surface area (Å²) in [6.45, 7) is 6.53. The first-order chi connectivity index (χ1) is 6.20. The van der Waals surface area contributed by atoms with Crippen molar-refractivity contribution in [3.05, 3.63) is 12.0 Å². The third-order valence-electron chi connectivity index (χ3n) is 1.91. The first-order valence-electron chi connectivity index (χ1n) is 4.37. The van der Waals surface area contributed by atoms with Gasteiger partial charge >= 0.3 is 5.97 Å². The highest BCUT2D eigenvalue weighted by Crippen LogP contribution is 2.06. The molecule has 74 valence electrons. The Bertz CT molecular complexity index is 207. The van der Waals surface area contributed by atoms with Crippen molar-refractivity contribution in [2.75, 3.05) is 26.3 Å². The maximum Gasteiger partial charge on any atom is 0.307 e. The molecular formula is C9H15NO3. The smallest absolute Gasteiger partial charge is 0.307 e. The monoisotopic (exact) mass is 185 g/mol. The summed E-state index contributed by atoms with van der Waals surface area (Å²) in [7, 11) is 0. The molecule has 0 unspecified atom stereocenters. The molecule has 0 saturated carbocycles. The predicted molar refractivity (Wildman–Crippen MR) is 47.9 cm³/mol. The molecule has 0 atom stereocenters. The normalized spacial score (nSPS) is 18.6. The highest BCUT2D eigenvalue weighted by Gasteiger charge is 2.10. The van der Waals surface area contributed by atoms with E-state index < -0.39 is 0 Å². The lowest BCUT2D eigenvalue weighted by atomic mass is 10.4. The molecule has 0 spiro atoms. The third-order valence-corrected chi connectivity index (χ3v) is 1.91. The van der Waals surface area contributed by atoms with Crippen LogP contribution in [0.3, 0.4) is 0 Å². The van der Waals surface area contributed by atoms with Crippen molar-refractivity contribution in [1.29, 1.82) is 0 Å². The van der Waals surface area contributed by atoms with Crippen LogP contribution in [-0.4, -0.2) is 37.2 Å². The zero-order valence-electron chi connectivity index (χ0n) is 8.08. The summed E-state index contributed by atoms with van der Waals surface area (Å²) in [6, 6.07) is 0. The van der Waals surface area contributed by atoms with Crippen LogP contribution >= 0.6 is 0 Å². The molecule has 13 heavy (non-hydrogen) atoms. The van der Waals surface area contributed by atoms with Crippen molar-refractivity contribution in [3.8, 4) is 0 Å². The van der Waals surface area contributed by atoms with E-state index in [1.165, 1.54) is 13.2 Å². The summed E-state index contributed by atoms with van der Waals surface area (Å²) < 4.78 is 9.97. The van der Waals surface area contributed by atoms with E-state index in [-0.39, 0.29) is 5.97 Å². The third kappa shape index (κ3) is 3.46. The molecule has 1 aliphatic heterocycles. The number of hydrogen-bond acceptors (Lipinski definition) is 4. The van der Waals surface area contributed by atoms with Crippen LogP contribution in [0.4, 0.5) is 0 Å². The van der Waals surface area contributed by atoms with Crippen LogP contribution in [0.1, 0.15) is 13.8 Å². The van der Waals surface area contributed by atoms with E-state index in [1.807, 2.05) is 6.92 Å². The standard InChI is InChI=1S/C9H15NO3/c1-8(7-13-9(2)11)10-3-5-12-6-4-10/h7H,3-6H2,1-2H3/b8-7-. The largest absolute Gasteiger partial charge is 0.433 e. The van der Waals surface area contributed by atoms with Crippen molar-refractivity contribution in [2.24, 2.45) is 0 Å². The number of esters is 1. The Morgan fingerprint density at radius 1 is 1.38 bits per heavy atom. The number of morpholine rings is 1. The summed E-state index contributed by atoms with van der Waals surface area (Å²) in [4.78, 5) is 12.7. The van der Waals surface area contributed by atoms with Gasteiger partial charge in [-0.15, -0.1) is 0 Å². The first-order valence-corrected chi connectivity index (χ1v) is 4.37. The van der Waals surface area contributed by atoms with Gasteiger partial charge in [-0.2, -0.15) is 0 Å². The molecule has 0 aromatic carbocycles. The quantitative estimate of drug-likeness (QED) is 0.470. The van der Waals surface area contributed by atoms with Crippen molar-refractivity contribution in [3.63, 3.8) is 0 Å². The molecule has 0 amide bonds. The maximum absolute atomic E-state index is 10.5. The number of allylic oxidation sites excluding steroid dienone is 1. The summed E-state index contributed by atoms with van der Waals surface area (Å²) >= 11 is 0. The molecule has 1 rings (SSSR count). The minimum Gasteiger partial charge on any atom is -0.433 e. The van der Waals surface area contributed by atoms with Crippen LogP contribution in [-0.2, 0) is 14.3 Å². The number of hydrogen-bond donors (Lipinski definition) is 0. The summed E-state index contributed by atoms with van der Waals surface area (Å²) in [5.41, 5.74) is 0.971. The van der Waals surface area contributed by atoms with Gasteiger partial charge in [0, 0.05) is 25.7 Å². The highest BCUT2D eigenvalue weighted by molar-refractivity contribution is 5.66. The molecule has 0 aromatic heterocycles. The second-order valence-electron chi connectivity index (χ2n) is 2.97. The Hall–Kier alpha value is -1.03. The van der Waals surface area contributed by atoms with Crippen LogP contribution in [0.2, 0.25) is 0 Å². The van der Waals surface area contributed by atoms with Crippen molar-refractivity contribution in [1.82, 2.24) is 4.90 Å². The van der Waals surface area contributed by atoms with Crippen molar-refractivity contribution < 1.29 is 14.3 Å². The van der Waals surface area contributed by atoms with Gasteiger partial charge in [0.05, 0.1) is 13.2 Å². The van der Waals surface area contributed by atoms with Crippen LogP contribution in [0.15, 0.2) is 12.0 Å². The Balaban J connectivity index is 2.39. The summed E-state index contributed by atoms with van der Waals surface area (Å²) in [5, 5.41) is 0. The van der Waals surface area contributed by atoms with Gasteiger partial charge in [-0.05, 0) is 6.92 Å². The number of rotatable bonds is 2. The summed E-state index contributed by atoms with van der Waals surface area (Å²) in [5.74, 6) is -0.285. The number of nitrogens with zero attached hydrogens (tertiary/aromatic N) is 1. The zero-order chi connectivity index (χ0) is 9.68. The Labute approximate surface area is 78.1 Å². The molecule has 0 N–H and O–H groups in total. The van der Waals surface area contributed by atoms with Gasteiger partial charge in [-0.25, -0.2) is 0 Å². The fourth-order valence-electron chi connectivity index (χ4n) is 1.16. The minimum atomic E-state index is -0.285. The van der Waals surface area contributed by atoms with Gasteiger partial charge in [0.15, 0.2) is 0 Å². The van der Waals surface area contributed by atoms with Crippen LogP contribution < -0.4 is 0 Å². The lowest BCUT2D eigenvalue weighted by Gasteiger charge is -2.28. The average molecular weight is 185 g/mol. The molecule has 1 fully saturated rings. The van der Waals surface area contributed by atoms with Gasteiger partial charge in [-0.3, -0.25) is 4.79 Å². The second kappa shape index (κ2) is 4.87. The number of ether oxygens (including phenoxy) is 2. The fourth-order valence-corrected chi connectivity index (χ4v) is 1.16. The molecule has 1 saturated heterocycles. The van der Waals surface area contributed by atoms with E-state index in [9.17, 15) is 4.79 Å². The lowest BCUT2D eigenvalue weighted by Crippen LogP contribution is -2.34. The molecule has 4 heteroatoms. The fraction of sp³-hybridized carbons (Fsp3) is 0.667. The zero-order valence-corrected chi connectivity index (χ0v) is 8.08. The van der Waals surface area contributed by atoms with Gasteiger partial charge in [0.1, 0.15) is 6.26 Å². The topological polar surface area (TPSA) is 38.8 Å². The Morgan fingerprint density at radius 2 is 2.00 bits per heavy atom. The number of carbonyl (C=O) groups is 1. The van der Waals surface area contributed by atoms with Crippen LogP contribution in [0.25, 0.3) is 0 Å². The SMILES string of the molecule is CC(=O)O/C=C(/C)N1CCOCC1. The van der Waals surface area contributed by atoms with Crippen LogP contribution in [0.5, 0.6) is 0 Å². The Morgan fingerprint density at radius 3 is 2.54 bits per heavy atom. The molecule has 0 aromatic rings. The molecule has 0 radical (unpaired) electrons. The summed E-state index contributed by atoms with van der Waals surface area (Å²) in [6.07, 6.45) is 1.49. The van der Waals surface area contributed by atoms with Crippen LogP contribution in [0, 0.1) is 0 Å². The molecule has 4 nitrogen and oxygen atoms in total. The average Bonchev–Trinajstić information content (AvgIpc) is 2.15. The molecular weight excluding hydrogens is 170 g/mol. The van der Waals surface area contributed by atoms with E-state index in [4.69, 9.17) is 9.47 Å². The predicted octanol–water partition coefficient (Wildman–Crippen LogP) is 0.743. The Kier molecular flexibility index (Phi) is 3.76. The minimum absolute atomic E-state index is 0.285. The van der Waals surface area contributed by atoms with E-state index >= 15 is 0 Å². The van der Waals surface area contributed by atoms with E-state index in [0.29, 0.717) is 0 Å². The highest BCUT2D eigenvalue weighted by atomic mass is 16.5. The van der Waals surface area contributed by atoms with Crippen molar-refractivity contribution >= 4 is 5.97 Å². The molecule has 1 aliphatic rings. The van der Waals surface area contributed by atoms with Gasteiger partial charge < -0.3 is 14.4 Å². The second-order valence-corrected chi connectivity index (χ2v) is 2.97. The van der Waals surface area contributed by atoms with E-state index in [2.05, 4.69) is 4.90 Å². The maximum atomic E-state index is 10.5. The molecule has 1 heterocycles. The molecule has 0 aliphatic carbocycles. The number of carbonyl (C=O) groups excluding carboxylic acids is 1. The van der Waals surface area contributed by atoms with Gasteiger partial charge in [0.25, 0.3) is 0 Å². The van der Waals surface area contributed by atoms with E-state index in [0.717, 1.165) is 32.0 Å². The van der Waals surface area contributed by atoms with Crippen molar-refractivity contribution in [2.45, 2.75) is 13.8 Å². The molecule has 0 bridgehead atoms. The van der Waals surface area contributed by atoms with Gasteiger partial charge in [-0.1, -0.05) is 0 Å². The van der Waals surface area contributed by atoms with E-state index in [1.54, 1.807) is 0 Å². The van der Waals surface area contributed by atoms with Gasteiger partial charge in [0.2, 0.25) is 0 Å².